The van der Waals surface area contributed by atoms with Gasteiger partial charge in [0.15, 0.2) is 0 Å². The Morgan fingerprint density at radius 3 is 2.84 bits per heavy atom. The Hall–Kier alpha value is -1.39. The summed E-state index contributed by atoms with van der Waals surface area (Å²) in [6.07, 6.45) is 1.80. The monoisotopic (exact) mass is 276 g/mol. The molecule has 0 spiro atoms. The van der Waals surface area contributed by atoms with Gasteiger partial charge < -0.3 is 10.1 Å². The second-order valence-electron chi connectivity index (χ2n) is 5.45. The number of aromatic nitrogens is 1. The average molecular weight is 276 g/mol. The van der Waals surface area contributed by atoms with Gasteiger partial charge in [-0.1, -0.05) is 6.07 Å². The van der Waals surface area contributed by atoms with E-state index < -0.39 is 0 Å². The fourth-order valence-corrected chi connectivity index (χ4v) is 2.16. The lowest BCUT2D eigenvalue weighted by Crippen LogP contribution is -2.35. The molecule has 0 amide bonds. The summed E-state index contributed by atoms with van der Waals surface area (Å²) >= 11 is 1.71. The van der Waals surface area contributed by atoms with Gasteiger partial charge in [-0.3, -0.25) is 4.98 Å². The summed E-state index contributed by atoms with van der Waals surface area (Å²) in [5.41, 5.74) is 1.09. The third-order valence-electron chi connectivity index (χ3n) is 2.55. The van der Waals surface area contributed by atoms with Crippen molar-refractivity contribution in [2.24, 2.45) is 0 Å². The summed E-state index contributed by atoms with van der Waals surface area (Å²) in [7, 11) is 0. The van der Waals surface area contributed by atoms with E-state index in [1.807, 2.05) is 18.2 Å². The minimum Gasteiger partial charge on any atom is -0.488 e. The molecule has 102 valence electrons. The molecule has 2 aromatic rings. The molecule has 0 radical (unpaired) electrons. The van der Waals surface area contributed by atoms with Gasteiger partial charge >= 0.3 is 0 Å². The molecule has 0 unspecified atom stereocenters. The Morgan fingerprint density at radius 1 is 1.32 bits per heavy atom. The molecule has 0 fully saturated rings. The van der Waals surface area contributed by atoms with Crippen molar-refractivity contribution in [3.05, 3.63) is 46.4 Å². The molecule has 2 rings (SSSR count). The largest absolute Gasteiger partial charge is 0.488 e. The number of thiophene rings is 1. The number of nitrogens with one attached hydrogen (secondary N) is 1. The zero-order chi connectivity index (χ0) is 13.7. The van der Waals surface area contributed by atoms with Crippen molar-refractivity contribution in [3.63, 3.8) is 0 Å². The van der Waals surface area contributed by atoms with E-state index in [2.05, 4.69) is 42.5 Å². The van der Waals surface area contributed by atoms with E-state index in [9.17, 15) is 0 Å². The van der Waals surface area contributed by atoms with Crippen LogP contribution in [0.1, 0.15) is 31.3 Å². The highest BCUT2D eigenvalue weighted by Gasteiger charge is 2.09. The fraction of sp³-hybridized carbons (Fsp3) is 0.400. The van der Waals surface area contributed by atoms with Gasteiger partial charge in [-0.15, -0.1) is 11.3 Å². The van der Waals surface area contributed by atoms with Crippen LogP contribution >= 0.6 is 11.3 Å². The maximum Gasteiger partial charge on any atom is 0.123 e. The molecule has 0 aliphatic heterocycles. The molecule has 1 N–H and O–H groups in total. The van der Waals surface area contributed by atoms with Crippen molar-refractivity contribution in [1.29, 1.82) is 0 Å². The van der Waals surface area contributed by atoms with Crippen LogP contribution in [0.15, 0.2) is 35.8 Å². The molecule has 0 atom stereocenters. The Kier molecular flexibility index (Phi) is 4.56. The molecular weight excluding hydrogens is 256 g/mol. The molecule has 2 aromatic heterocycles. The second-order valence-corrected chi connectivity index (χ2v) is 6.49. The first-order chi connectivity index (χ1) is 9.03. The summed E-state index contributed by atoms with van der Waals surface area (Å²) in [5, 5.41) is 5.48. The van der Waals surface area contributed by atoms with Crippen molar-refractivity contribution in [2.45, 2.75) is 39.5 Å². The molecule has 0 aliphatic rings. The van der Waals surface area contributed by atoms with Crippen LogP contribution in [-0.4, -0.2) is 10.5 Å². The molecular formula is C15H20N2OS. The number of nitrogens with zero attached hydrogens (tertiary/aromatic N) is 1. The summed E-state index contributed by atoms with van der Waals surface area (Å²) < 4.78 is 5.77. The molecule has 0 saturated heterocycles. The number of rotatable bonds is 5. The highest BCUT2D eigenvalue weighted by molar-refractivity contribution is 7.09. The minimum atomic E-state index is 0.0928. The Bertz CT molecular complexity index is 503. The van der Waals surface area contributed by atoms with E-state index in [1.54, 1.807) is 17.5 Å². The maximum absolute atomic E-state index is 5.77. The van der Waals surface area contributed by atoms with Gasteiger partial charge in [0, 0.05) is 29.2 Å². The number of hydrogen-bond donors (Lipinski definition) is 1. The predicted octanol–water partition coefficient (Wildman–Crippen LogP) is 3.61. The first-order valence-electron chi connectivity index (χ1n) is 6.38. The second kappa shape index (κ2) is 6.17. The summed E-state index contributed by atoms with van der Waals surface area (Å²) in [6.45, 7) is 7.80. The lowest BCUT2D eigenvalue weighted by Gasteiger charge is -2.20. The summed E-state index contributed by atoms with van der Waals surface area (Å²) in [5.74, 6) is 0.870. The molecule has 19 heavy (non-hydrogen) atoms. The molecule has 0 saturated carbocycles. The van der Waals surface area contributed by atoms with Crippen molar-refractivity contribution >= 4 is 11.3 Å². The van der Waals surface area contributed by atoms with Crippen LogP contribution in [0.25, 0.3) is 0 Å². The maximum atomic E-state index is 5.77. The van der Waals surface area contributed by atoms with Crippen LogP contribution in [-0.2, 0) is 13.2 Å². The summed E-state index contributed by atoms with van der Waals surface area (Å²) in [4.78, 5) is 5.58. The van der Waals surface area contributed by atoms with E-state index >= 15 is 0 Å². The molecule has 3 nitrogen and oxygen atoms in total. The SMILES string of the molecule is CC(C)(C)NCc1cc(OCc2cccs2)ccn1. The van der Waals surface area contributed by atoms with E-state index in [-0.39, 0.29) is 5.54 Å². The van der Waals surface area contributed by atoms with Crippen LogP contribution in [0.2, 0.25) is 0 Å². The van der Waals surface area contributed by atoms with Gasteiger partial charge in [0.25, 0.3) is 0 Å². The van der Waals surface area contributed by atoms with Crippen molar-refractivity contribution < 1.29 is 4.74 Å². The Morgan fingerprint density at radius 2 is 2.16 bits per heavy atom. The number of ether oxygens (including phenoxy) is 1. The first kappa shape index (κ1) is 14.0. The van der Waals surface area contributed by atoms with Gasteiger partial charge in [0.1, 0.15) is 12.4 Å². The normalized spacial score (nSPS) is 11.5. The van der Waals surface area contributed by atoms with Crippen molar-refractivity contribution in [2.75, 3.05) is 0 Å². The quantitative estimate of drug-likeness (QED) is 0.906. The van der Waals surface area contributed by atoms with Gasteiger partial charge in [-0.2, -0.15) is 0 Å². The van der Waals surface area contributed by atoms with E-state index in [0.717, 1.165) is 18.0 Å². The van der Waals surface area contributed by atoms with Gasteiger partial charge in [-0.05, 0) is 38.3 Å². The fourth-order valence-electron chi connectivity index (χ4n) is 1.55. The smallest absolute Gasteiger partial charge is 0.123 e. The molecule has 0 aromatic carbocycles. The van der Waals surface area contributed by atoms with Crippen molar-refractivity contribution in [1.82, 2.24) is 10.3 Å². The lowest BCUT2D eigenvalue weighted by molar-refractivity contribution is 0.308. The predicted molar refractivity (Wildman–Crippen MR) is 79.5 cm³/mol. The van der Waals surface area contributed by atoms with Crippen LogP contribution in [0.5, 0.6) is 5.75 Å². The van der Waals surface area contributed by atoms with Crippen LogP contribution < -0.4 is 10.1 Å². The highest BCUT2D eigenvalue weighted by Crippen LogP contribution is 2.16. The Balaban J connectivity index is 1.91. The molecule has 2 heterocycles. The Labute approximate surface area is 118 Å². The van der Waals surface area contributed by atoms with Crippen LogP contribution in [0.3, 0.4) is 0 Å². The average Bonchev–Trinajstić information content (AvgIpc) is 2.87. The zero-order valence-electron chi connectivity index (χ0n) is 11.6. The van der Waals surface area contributed by atoms with Crippen LogP contribution in [0.4, 0.5) is 0 Å². The third-order valence-corrected chi connectivity index (χ3v) is 3.40. The standard InChI is InChI=1S/C15H20N2OS/c1-15(2,3)17-10-12-9-13(6-7-16-12)18-11-14-5-4-8-19-14/h4-9,17H,10-11H2,1-3H3. The number of pyridine rings is 1. The number of hydrogen-bond acceptors (Lipinski definition) is 4. The van der Waals surface area contributed by atoms with Gasteiger partial charge in [0.2, 0.25) is 0 Å². The molecule has 0 bridgehead atoms. The summed E-state index contributed by atoms with van der Waals surface area (Å²) in [6, 6.07) is 8.00. The topological polar surface area (TPSA) is 34.1 Å². The lowest BCUT2D eigenvalue weighted by atomic mass is 10.1. The van der Waals surface area contributed by atoms with E-state index in [0.29, 0.717) is 6.61 Å². The molecule has 4 heteroatoms. The van der Waals surface area contributed by atoms with Gasteiger partial charge in [-0.25, -0.2) is 0 Å². The minimum absolute atomic E-state index is 0.0928. The zero-order valence-corrected chi connectivity index (χ0v) is 12.5. The third kappa shape index (κ3) is 5.01. The van der Waals surface area contributed by atoms with Gasteiger partial charge in [0.05, 0.1) is 5.69 Å². The van der Waals surface area contributed by atoms with E-state index in [4.69, 9.17) is 4.74 Å². The molecule has 0 aliphatic carbocycles. The van der Waals surface area contributed by atoms with E-state index in [1.165, 1.54) is 4.88 Å². The first-order valence-corrected chi connectivity index (χ1v) is 7.26. The highest BCUT2D eigenvalue weighted by atomic mass is 32.1. The van der Waals surface area contributed by atoms with Crippen molar-refractivity contribution in [3.8, 4) is 5.75 Å². The van der Waals surface area contributed by atoms with Crippen LogP contribution in [0, 0.1) is 0 Å².